The fraction of sp³-hybridized carbons (Fsp3) is 0.933. The Labute approximate surface area is 118 Å². The summed E-state index contributed by atoms with van der Waals surface area (Å²) in [7, 11) is 0. The lowest BCUT2D eigenvalue weighted by Crippen LogP contribution is -2.47. The SMILES string of the molecule is CCNC(C#N)(CC)CCCN1CC(C)OC(C)C1. The maximum atomic E-state index is 9.38. The third-order valence-electron chi connectivity index (χ3n) is 3.91. The average Bonchev–Trinajstić information content (AvgIpc) is 2.36. The number of hydrogen-bond acceptors (Lipinski definition) is 4. The number of nitriles is 1. The van der Waals surface area contributed by atoms with Crippen molar-refractivity contribution in [2.45, 2.75) is 64.7 Å². The van der Waals surface area contributed by atoms with Gasteiger partial charge in [-0.2, -0.15) is 5.26 Å². The van der Waals surface area contributed by atoms with Gasteiger partial charge < -0.3 is 4.74 Å². The van der Waals surface area contributed by atoms with Crippen LogP contribution in [0.4, 0.5) is 0 Å². The Morgan fingerprint density at radius 3 is 2.42 bits per heavy atom. The minimum absolute atomic E-state index is 0.324. The highest BCUT2D eigenvalue weighted by Crippen LogP contribution is 2.18. The zero-order valence-electron chi connectivity index (χ0n) is 12.9. The summed E-state index contributed by atoms with van der Waals surface area (Å²) in [6.07, 6.45) is 3.50. The van der Waals surface area contributed by atoms with Crippen LogP contribution in [0.2, 0.25) is 0 Å². The molecule has 0 aromatic carbocycles. The van der Waals surface area contributed by atoms with Crippen molar-refractivity contribution in [2.24, 2.45) is 0 Å². The molecule has 1 fully saturated rings. The Hall–Kier alpha value is -0.630. The van der Waals surface area contributed by atoms with E-state index in [0.717, 1.165) is 45.4 Å². The van der Waals surface area contributed by atoms with Crippen molar-refractivity contribution < 1.29 is 4.74 Å². The summed E-state index contributed by atoms with van der Waals surface area (Å²) in [4.78, 5) is 2.46. The normalized spacial score (nSPS) is 27.7. The molecule has 0 bridgehead atoms. The minimum Gasteiger partial charge on any atom is -0.373 e. The predicted molar refractivity (Wildman–Crippen MR) is 78.0 cm³/mol. The van der Waals surface area contributed by atoms with Gasteiger partial charge in [-0.05, 0) is 46.2 Å². The summed E-state index contributed by atoms with van der Waals surface area (Å²) in [6.45, 7) is 12.4. The molecule has 3 unspecified atom stereocenters. The molecule has 0 aliphatic carbocycles. The van der Waals surface area contributed by atoms with Crippen molar-refractivity contribution in [2.75, 3.05) is 26.2 Å². The zero-order valence-corrected chi connectivity index (χ0v) is 12.9. The fourth-order valence-electron chi connectivity index (χ4n) is 2.97. The van der Waals surface area contributed by atoms with E-state index in [2.05, 4.69) is 44.0 Å². The maximum absolute atomic E-state index is 9.38. The van der Waals surface area contributed by atoms with E-state index in [0.29, 0.717) is 12.2 Å². The van der Waals surface area contributed by atoms with Crippen molar-refractivity contribution in [3.63, 3.8) is 0 Å². The first-order valence-corrected chi connectivity index (χ1v) is 7.59. The Morgan fingerprint density at radius 1 is 1.32 bits per heavy atom. The van der Waals surface area contributed by atoms with Gasteiger partial charge in [-0.3, -0.25) is 10.2 Å². The summed E-state index contributed by atoms with van der Waals surface area (Å²) >= 11 is 0. The molecule has 0 saturated carbocycles. The number of ether oxygens (including phenoxy) is 1. The van der Waals surface area contributed by atoms with Gasteiger partial charge in [0.25, 0.3) is 0 Å². The van der Waals surface area contributed by atoms with Crippen LogP contribution < -0.4 is 5.32 Å². The molecule has 110 valence electrons. The number of morpholine rings is 1. The van der Waals surface area contributed by atoms with Gasteiger partial charge in [-0.1, -0.05) is 13.8 Å². The summed E-state index contributed by atoms with van der Waals surface area (Å²) in [5.74, 6) is 0. The predicted octanol–water partition coefficient (Wildman–Crippen LogP) is 2.16. The zero-order chi connectivity index (χ0) is 14.3. The van der Waals surface area contributed by atoms with Crippen molar-refractivity contribution >= 4 is 0 Å². The van der Waals surface area contributed by atoms with E-state index in [4.69, 9.17) is 4.74 Å². The lowest BCUT2D eigenvalue weighted by molar-refractivity contribution is -0.0683. The van der Waals surface area contributed by atoms with E-state index in [1.807, 2.05) is 0 Å². The van der Waals surface area contributed by atoms with E-state index in [-0.39, 0.29) is 5.54 Å². The van der Waals surface area contributed by atoms with E-state index in [1.165, 1.54) is 0 Å². The number of hydrogen-bond donors (Lipinski definition) is 1. The molecule has 0 radical (unpaired) electrons. The van der Waals surface area contributed by atoms with E-state index in [9.17, 15) is 5.26 Å². The van der Waals surface area contributed by atoms with Crippen LogP contribution >= 0.6 is 0 Å². The molecule has 1 N–H and O–H groups in total. The Bertz CT molecular complexity index is 292. The highest BCUT2D eigenvalue weighted by Gasteiger charge is 2.27. The standard InChI is InChI=1S/C15H29N3O/c1-5-15(12-16,17-6-2)8-7-9-18-10-13(3)19-14(4)11-18/h13-14,17H,5-11H2,1-4H3. The Balaban J connectivity index is 2.38. The van der Waals surface area contributed by atoms with Gasteiger partial charge in [-0.25, -0.2) is 0 Å². The molecule has 4 heteroatoms. The summed E-state index contributed by atoms with van der Waals surface area (Å²) in [5.41, 5.74) is -0.335. The fourth-order valence-corrected chi connectivity index (χ4v) is 2.97. The number of nitrogens with zero attached hydrogens (tertiary/aromatic N) is 2. The molecule has 19 heavy (non-hydrogen) atoms. The Kier molecular flexibility index (Phi) is 6.78. The monoisotopic (exact) mass is 267 g/mol. The summed E-state index contributed by atoms with van der Waals surface area (Å²) in [5, 5.41) is 12.7. The largest absolute Gasteiger partial charge is 0.373 e. The number of nitrogens with one attached hydrogen (secondary N) is 1. The van der Waals surface area contributed by atoms with Gasteiger partial charge in [-0.15, -0.1) is 0 Å². The van der Waals surface area contributed by atoms with Crippen LogP contribution in [0.1, 0.15) is 47.0 Å². The van der Waals surface area contributed by atoms with Crippen LogP contribution in [0.15, 0.2) is 0 Å². The molecule has 4 nitrogen and oxygen atoms in total. The first-order chi connectivity index (χ1) is 9.05. The highest BCUT2D eigenvalue weighted by molar-refractivity contribution is 5.06. The lowest BCUT2D eigenvalue weighted by Gasteiger charge is -2.36. The minimum atomic E-state index is -0.335. The second-order valence-corrected chi connectivity index (χ2v) is 5.70. The molecule has 1 heterocycles. The summed E-state index contributed by atoms with van der Waals surface area (Å²) < 4.78 is 5.74. The Morgan fingerprint density at radius 2 is 1.95 bits per heavy atom. The topological polar surface area (TPSA) is 48.3 Å². The molecule has 0 amide bonds. The van der Waals surface area contributed by atoms with Crippen LogP contribution in [-0.4, -0.2) is 48.8 Å². The molecule has 1 aliphatic heterocycles. The van der Waals surface area contributed by atoms with Crippen molar-refractivity contribution in [1.82, 2.24) is 10.2 Å². The van der Waals surface area contributed by atoms with Crippen molar-refractivity contribution in [3.8, 4) is 6.07 Å². The highest BCUT2D eigenvalue weighted by atomic mass is 16.5. The molecule has 1 rings (SSSR count). The van der Waals surface area contributed by atoms with Crippen LogP contribution in [-0.2, 0) is 4.74 Å². The van der Waals surface area contributed by atoms with Crippen LogP contribution in [0, 0.1) is 11.3 Å². The van der Waals surface area contributed by atoms with Gasteiger partial charge in [0, 0.05) is 13.1 Å². The second kappa shape index (κ2) is 7.84. The second-order valence-electron chi connectivity index (χ2n) is 5.70. The van der Waals surface area contributed by atoms with Crippen LogP contribution in [0.3, 0.4) is 0 Å². The smallest absolute Gasteiger partial charge is 0.106 e. The quantitative estimate of drug-likeness (QED) is 0.768. The molecule has 0 aromatic rings. The maximum Gasteiger partial charge on any atom is 0.106 e. The first kappa shape index (κ1) is 16.4. The van der Waals surface area contributed by atoms with E-state index < -0.39 is 0 Å². The molecular formula is C15H29N3O. The third-order valence-corrected chi connectivity index (χ3v) is 3.91. The first-order valence-electron chi connectivity index (χ1n) is 7.59. The average molecular weight is 267 g/mol. The molecular weight excluding hydrogens is 238 g/mol. The van der Waals surface area contributed by atoms with Crippen LogP contribution in [0.25, 0.3) is 0 Å². The van der Waals surface area contributed by atoms with Gasteiger partial charge in [0.15, 0.2) is 0 Å². The third kappa shape index (κ3) is 5.10. The molecule has 1 saturated heterocycles. The molecule has 3 atom stereocenters. The van der Waals surface area contributed by atoms with E-state index in [1.54, 1.807) is 0 Å². The lowest BCUT2D eigenvalue weighted by atomic mass is 9.92. The number of rotatable bonds is 7. The molecule has 1 aliphatic rings. The van der Waals surface area contributed by atoms with Crippen molar-refractivity contribution in [3.05, 3.63) is 0 Å². The van der Waals surface area contributed by atoms with E-state index >= 15 is 0 Å². The summed E-state index contributed by atoms with van der Waals surface area (Å²) in [6, 6.07) is 2.47. The van der Waals surface area contributed by atoms with Gasteiger partial charge in [0.2, 0.25) is 0 Å². The van der Waals surface area contributed by atoms with Crippen LogP contribution in [0.5, 0.6) is 0 Å². The van der Waals surface area contributed by atoms with Crippen molar-refractivity contribution in [1.29, 1.82) is 5.26 Å². The molecule has 0 spiro atoms. The molecule has 0 aromatic heterocycles. The van der Waals surface area contributed by atoms with Gasteiger partial charge in [0.05, 0.1) is 18.3 Å². The van der Waals surface area contributed by atoms with Gasteiger partial charge in [0.1, 0.15) is 5.54 Å². The van der Waals surface area contributed by atoms with Gasteiger partial charge >= 0.3 is 0 Å².